The van der Waals surface area contributed by atoms with Gasteiger partial charge < -0.3 is 10.1 Å². The Kier molecular flexibility index (Phi) is 4.51. The number of benzene rings is 1. The van der Waals surface area contributed by atoms with E-state index in [1.54, 1.807) is 19.1 Å². The molecule has 0 aliphatic rings. The van der Waals surface area contributed by atoms with Crippen molar-refractivity contribution in [2.24, 2.45) is 0 Å². The molecule has 1 aromatic rings. The van der Waals surface area contributed by atoms with Gasteiger partial charge in [-0.3, -0.25) is 4.79 Å². The summed E-state index contributed by atoms with van der Waals surface area (Å²) in [6, 6.07) is 8.48. The molecular formula is C12H15NO3. The van der Waals surface area contributed by atoms with E-state index in [0.717, 1.165) is 5.56 Å². The number of Topliss-reactive ketones (excluding diaryl/α,β-unsaturated/α-hetero) is 1. The molecular weight excluding hydrogens is 206 g/mol. The molecule has 0 heterocycles. The van der Waals surface area contributed by atoms with Crippen LogP contribution in [0.1, 0.15) is 24.9 Å². The van der Waals surface area contributed by atoms with Crippen LogP contribution in [0.5, 0.6) is 0 Å². The van der Waals surface area contributed by atoms with E-state index in [1.807, 2.05) is 18.2 Å². The van der Waals surface area contributed by atoms with Crippen LogP contribution in [0.15, 0.2) is 30.3 Å². The number of hydrogen-bond acceptors (Lipinski definition) is 3. The molecule has 86 valence electrons. The Morgan fingerprint density at radius 2 is 1.94 bits per heavy atom. The van der Waals surface area contributed by atoms with Crippen molar-refractivity contribution < 1.29 is 14.3 Å². The Morgan fingerprint density at radius 1 is 1.31 bits per heavy atom. The van der Waals surface area contributed by atoms with E-state index >= 15 is 0 Å². The van der Waals surface area contributed by atoms with Crippen LogP contribution in [-0.2, 0) is 9.53 Å². The number of methoxy groups -OCH3 is 1. The first-order chi connectivity index (χ1) is 7.69. The first-order valence-electron chi connectivity index (χ1n) is 5.11. The number of ketones is 1. The first kappa shape index (κ1) is 12.2. The summed E-state index contributed by atoms with van der Waals surface area (Å²) in [5, 5.41) is 2.52. The molecule has 0 aliphatic heterocycles. The van der Waals surface area contributed by atoms with Crippen molar-refractivity contribution in [2.75, 3.05) is 7.11 Å². The molecule has 1 atom stereocenters. The molecule has 0 unspecified atom stereocenters. The van der Waals surface area contributed by atoms with Gasteiger partial charge in [-0.15, -0.1) is 0 Å². The summed E-state index contributed by atoms with van der Waals surface area (Å²) in [5.74, 6) is -0.0448. The summed E-state index contributed by atoms with van der Waals surface area (Å²) in [7, 11) is 1.27. The average molecular weight is 221 g/mol. The Labute approximate surface area is 94.6 Å². The van der Waals surface area contributed by atoms with Gasteiger partial charge in [0.05, 0.1) is 7.11 Å². The standard InChI is InChI=1S/C12H15NO3/c1-3-10(14)11(13-12(15)16-2)9-7-5-4-6-8-9/h4-8,11H,3H2,1-2H3,(H,13,15)/t11-/m0/s1. The zero-order chi connectivity index (χ0) is 12.0. The zero-order valence-electron chi connectivity index (χ0n) is 9.40. The van der Waals surface area contributed by atoms with Crippen LogP contribution < -0.4 is 5.32 Å². The highest BCUT2D eigenvalue weighted by Gasteiger charge is 2.20. The fourth-order valence-corrected chi connectivity index (χ4v) is 1.38. The van der Waals surface area contributed by atoms with Crippen molar-refractivity contribution in [3.63, 3.8) is 0 Å². The third-order valence-electron chi connectivity index (χ3n) is 2.25. The normalized spacial score (nSPS) is 11.6. The van der Waals surface area contributed by atoms with Crippen LogP contribution in [0.4, 0.5) is 4.79 Å². The number of nitrogens with one attached hydrogen (secondary N) is 1. The minimum atomic E-state index is -0.626. The Morgan fingerprint density at radius 3 is 2.44 bits per heavy atom. The molecule has 0 radical (unpaired) electrons. The van der Waals surface area contributed by atoms with E-state index in [4.69, 9.17) is 0 Å². The second-order valence-corrected chi connectivity index (χ2v) is 3.30. The van der Waals surface area contributed by atoms with Crippen molar-refractivity contribution in [2.45, 2.75) is 19.4 Å². The monoisotopic (exact) mass is 221 g/mol. The van der Waals surface area contributed by atoms with Crippen LogP contribution in [0.3, 0.4) is 0 Å². The van der Waals surface area contributed by atoms with Crippen molar-refractivity contribution >= 4 is 11.9 Å². The topological polar surface area (TPSA) is 55.4 Å². The highest BCUT2D eigenvalue weighted by Crippen LogP contribution is 2.15. The molecule has 1 amide bonds. The Bertz CT molecular complexity index is 362. The SMILES string of the molecule is CCC(=O)[C@@H](NC(=O)OC)c1ccccc1. The summed E-state index contributed by atoms with van der Waals surface area (Å²) >= 11 is 0. The van der Waals surface area contributed by atoms with Crippen molar-refractivity contribution in [3.05, 3.63) is 35.9 Å². The number of ether oxygens (including phenoxy) is 1. The van der Waals surface area contributed by atoms with E-state index < -0.39 is 12.1 Å². The van der Waals surface area contributed by atoms with Crippen molar-refractivity contribution in [3.8, 4) is 0 Å². The fraction of sp³-hybridized carbons (Fsp3) is 0.333. The quantitative estimate of drug-likeness (QED) is 0.846. The average Bonchev–Trinajstić information content (AvgIpc) is 2.35. The summed E-state index contributed by atoms with van der Waals surface area (Å²) in [6.07, 6.45) is -0.237. The van der Waals surface area contributed by atoms with Gasteiger partial charge in [0, 0.05) is 6.42 Å². The molecule has 16 heavy (non-hydrogen) atoms. The van der Waals surface area contributed by atoms with Gasteiger partial charge >= 0.3 is 6.09 Å². The van der Waals surface area contributed by atoms with Crippen LogP contribution in [-0.4, -0.2) is 19.0 Å². The Hall–Kier alpha value is -1.84. The molecule has 1 N–H and O–H groups in total. The highest BCUT2D eigenvalue weighted by atomic mass is 16.5. The lowest BCUT2D eigenvalue weighted by Crippen LogP contribution is -2.33. The molecule has 0 saturated carbocycles. The van der Waals surface area contributed by atoms with Crippen LogP contribution in [0, 0.1) is 0 Å². The van der Waals surface area contributed by atoms with Crippen LogP contribution >= 0.6 is 0 Å². The van der Waals surface area contributed by atoms with Gasteiger partial charge in [-0.1, -0.05) is 37.3 Å². The number of carbonyl (C=O) groups excluding carboxylic acids is 2. The van der Waals surface area contributed by atoms with E-state index in [9.17, 15) is 9.59 Å². The van der Waals surface area contributed by atoms with Crippen LogP contribution in [0.2, 0.25) is 0 Å². The van der Waals surface area contributed by atoms with Gasteiger partial charge in [0.15, 0.2) is 5.78 Å². The molecule has 0 fully saturated rings. The summed E-state index contributed by atoms with van der Waals surface area (Å²) in [5.41, 5.74) is 0.764. The molecule has 0 aliphatic carbocycles. The maximum Gasteiger partial charge on any atom is 0.407 e. The maximum absolute atomic E-state index is 11.7. The third kappa shape index (κ3) is 3.08. The Balaban J connectivity index is 2.88. The van der Waals surface area contributed by atoms with Gasteiger partial charge in [-0.05, 0) is 5.56 Å². The van der Waals surface area contributed by atoms with Gasteiger partial charge in [-0.25, -0.2) is 4.79 Å². The lowest BCUT2D eigenvalue weighted by atomic mass is 10.0. The molecule has 4 heteroatoms. The van der Waals surface area contributed by atoms with E-state index in [1.165, 1.54) is 7.11 Å². The van der Waals surface area contributed by atoms with Crippen molar-refractivity contribution in [1.82, 2.24) is 5.32 Å². The largest absolute Gasteiger partial charge is 0.453 e. The van der Waals surface area contributed by atoms with Gasteiger partial charge in [0.25, 0.3) is 0 Å². The number of hydrogen-bond donors (Lipinski definition) is 1. The molecule has 4 nitrogen and oxygen atoms in total. The minimum Gasteiger partial charge on any atom is -0.453 e. The van der Waals surface area contributed by atoms with Crippen molar-refractivity contribution in [1.29, 1.82) is 0 Å². The predicted octanol–water partition coefficient (Wildman–Crippen LogP) is 2.06. The van der Waals surface area contributed by atoms with E-state index in [-0.39, 0.29) is 5.78 Å². The first-order valence-corrected chi connectivity index (χ1v) is 5.11. The molecule has 0 spiro atoms. The van der Waals surface area contributed by atoms with Gasteiger partial charge in [0.2, 0.25) is 0 Å². The molecule has 0 bridgehead atoms. The van der Waals surface area contributed by atoms with Gasteiger partial charge in [-0.2, -0.15) is 0 Å². The van der Waals surface area contributed by atoms with Crippen LogP contribution in [0.25, 0.3) is 0 Å². The molecule has 0 aromatic heterocycles. The number of amides is 1. The molecule has 1 rings (SSSR count). The minimum absolute atomic E-state index is 0.0448. The highest BCUT2D eigenvalue weighted by molar-refractivity contribution is 5.88. The molecule has 1 aromatic carbocycles. The lowest BCUT2D eigenvalue weighted by Gasteiger charge is -2.16. The molecule has 0 saturated heterocycles. The second-order valence-electron chi connectivity index (χ2n) is 3.30. The smallest absolute Gasteiger partial charge is 0.407 e. The summed E-state index contributed by atoms with van der Waals surface area (Å²) < 4.78 is 4.49. The summed E-state index contributed by atoms with van der Waals surface area (Å²) in [6.45, 7) is 1.76. The second kappa shape index (κ2) is 5.90. The fourth-order valence-electron chi connectivity index (χ4n) is 1.38. The predicted molar refractivity (Wildman–Crippen MR) is 60.0 cm³/mol. The number of rotatable bonds is 4. The number of alkyl carbamates (subject to hydrolysis) is 1. The number of carbonyl (C=O) groups is 2. The van der Waals surface area contributed by atoms with Gasteiger partial charge in [0.1, 0.15) is 6.04 Å². The third-order valence-corrected chi connectivity index (χ3v) is 2.25. The summed E-state index contributed by atoms with van der Waals surface area (Å²) in [4.78, 5) is 22.8. The van der Waals surface area contributed by atoms with E-state index in [0.29, 0.717) is 6.42 Å². The lowest BCUT2D eigenvalue weighted by molar-refractivity contribution is -0.120. The zero-order valence-corrected chi connectivity index (χ0v) is 9.40. The van der Waals surface area contributed by atoms with E-state index in [2.05, 4.69) is 10.1 Å². The maximum atomic E-state index is 11.7.